The molecule has 1 aliphatic carbocycles. The molecule has 26 heavy (non-hydrogen) atoms. The van der Waals surface area contributed by atoms with Crippen LogP contribution in [0.15, 0.2) is 40.9 Å². The van der Waals surface area contributed by atoms with E-state index in [0.717, 1.165) is 11.6 Å². The van der Waals surface area contributed by atoms with E-state index in [1.165, 1.54) is 37.2 Å². The third-order valence-electron chi connectivity index (χ3n) is 3.91. The van der Waals surface area contributed by atoms with Crippen LogP contribution in [-0.2, 0) is 10.8 Å². The highest BCUT2D eigenvalue weighted by atomic mass is 79.9. The Hall–Kier alpha value is -0.570. The molecule has 0 spiro atoms. The van der Waals surface area contributed by atoms with Crippen LogP contribution in [0, 0.1) is 5.82 Å². The second-order valence-electron chi connectivity index (χ2n) is 5.88. The third kappa shape index (κ3) is 5.47. The maximum atomic E-state index is 13.2. The summed E-state index contributed by atoms with van der Waals surface area (Å²) in [5.41, 5.74) is 1.69. The van der Waals surface area contributed by atoms with E-state index >= 15 is 0 Å². The first-order chi connectivity index (χ1) is 12.0. The predicted molar refractivity (Wildman–Crippen MR) is 113 cm³/mol. The molecule has 0 aromatic heterocycles. The molecule has 8 heteroatoms. The highest BCUT2D eigenvalue weighted by Crippen LogP contribution is 2.31. The van der Waals surface area contributed by atoms with Crippen molar-refractivity contribution in [3.63, 3.8) is 0 Å². The SMILES string of the molecule is CN(SOCc1ccc(C(=O)c2ccc(F)cc2Cl)c(Br)c1)C1CC1.S. The second kappa shape index (κ2) is 9.57. The van der Waals surface area contributed by atoms with Gasteiger partial charge in [0.2, 0.25) is 0 Å². The zero-order valence-electron chi connectivity index (χ0n) is 14.0. The summed E-state index contributed by atoms with van der Waals surface area (Å²) in [6.07, 6.45) is 2.45. The quantitative estimate of drug-likeness (QED) is 0.287. The summed E-state index contributed by atoms with van der Waals surface area (Å²) < 4.78 is 21.5. The van der Waals surface area contributed by atoms with Gasteiger partial charge in [-0.25, -0.2) is 8.70 Å². The summed E-state index contributed by atoms with van der Waals surface area (Å²) in [5, 5.41) is 0.101. The van der Waals surface area contributed by atoms with Crippen molar-refractivity contribution in [2.75, 3.05) is 7.05 Å². The molecule has 0 unspecified atom stereocenters. The number of hydrogen-bond acceptors (Lipinski definition) is 4. The molecule has 0 bridgehead atoms. The Morgan fingerprint density at radius 2 is 2.00 bits per heavy atom. The molecule has 140 valence electrons. The molecule has 0 atom stereocenters. The molecule has 3 rings (SSSR count). The number of benzene rings is 2. The van der Waals surface area contributed by atoms with Gasteiger partial charge in [-0.2, -0.15) is 13.5 Å². The van der Waals surface area contributed by atoms with Crippen LogP contribution in [0.4, 0.5) is 4.39 Å². The number of rotatable bonds is 7. The fraction of sp³-hybridized carbons (Fsp3) is 0.278. The largest absolute Gasteiger partial charge is 0.296 e. The highest BCUT2D eigenvalue weighted by Gasteiger charge is 2.27. The van der Waals surface area contributed by atoms with Gasteiger partial charge in [-0.05, 0) is 55.8 Å². The van der Waals surface area contributed by atoms with Crippen LogP contribution in [0.2, 0.25) is 5.02 Å². The Bertz CT molecular complexity index is 805. The fourth-order valence-electron chi connectivity index (χ4n) is 2.33. The lowest BCUT2D eigenvalue weighted by molar-refractivity contribution is 0.103. The summed E-state index contributed by atoms with van der Waals surface area (Å²) in [6.45, 7) is 0.437. The van der Waals surface area contributed by atoms with Crippen molar-refractivity contribution in [2.45, 2.75) is 25.5 Å². The van der Waals surface area contributed by atoms with E-state index in [4.69, 9.17) is 15.8 Å². The predicted octanol–water partition coefficient (Wildman–Crippen LogP) is 5.76. The van der Waals surface area contributed by atoms with E-state index in [1.54, 1.807) is 6.07 Å². The Kier molecular flexibility index (Phi) is 8.00. The first-order valence-electron chi connectivity index (χ1n) is 7.76. The van der Waals surface area contributed by atoms with E-state index < -0.39 is 5.82 Å². The van der Waals surface area contributed by atoms with Crippen molar-refractivity contribution < 1.29 is 13.4 Å². The van der Waals surface area contributed by atoms with Gasteiger partial charge in [0, 0.05) is 21.6 Å². The average Bonchev–Trinajstić information content (AvgIpc) is 3.39. The van der Waals surface area contributed by atoms with Crippen LogP contribution in [0.5, 0.6) is 0 Å². The number of hydrogen-bond donors (Lipinski definition) is 0. The lowest BCUT2D eigenvalue weighted by Gasteiger charge is -2.13. The van der Waals surface area contributed by atoms with Gasteiger partial charge in [-0.15, -0.1) is 0 Å². The van der Waals surface area contributed by atoms with E-state index in [1.807, 2.05) is 19.2 Å². The lowest BCUT2D eigenvalue weighted by Crippen LogP contribution is -2.11. The van der Waals surface area contributed by atoms with Crippen molar-refractivity contribution in [2.24, 2.45) is 0 Å². The molecule has 0 aliphatic heterocycles. The van der Waals surface area contributed by atoms with E-state index in [0.29, 0.717) is 22.7 Å². The minimum atomic E-state index is -0.471. The molecule has 0 N–H and O–H groups in total. The summed E-state index contributed by atoms with van der Waals surface area (Å²) in [4.78, 5) is 12.6. The van der Waals surface area contributed by atoms with Crippen LogP contribution in [-0.4, -0.2) is 23.2 Å². The Morgan fingerprint density at radius 1 is 1.31 bits per heavy atom. The Morgan fingerprint density at radius 3 is 2.62 bits per heavy atom. The Labute approximate surface area is 177 Å². The molecule has 1 fully saturated rings. The molecular weight excluding hydrogens is 461 g/mol. The summed E-state index contributed by atoms with van der Waals surface area (Å²) >= 11 is 10.8. The monoisotopic (exact) mass is 477 g/mol. The molecule has 2 aromatic rings. The first kappa shape index (κ1) is 21.7. The fourth-order valence-corrected chi connectivity index (χ4v) is 3.87. The number of nitrogens with zero attached hydrogens (tertiary/aromatic N) is 1. The standard InChI is InChI=1S/C18H16BrClFNO2S.H2S/c1-22(13-4-5-13)25-24-10-11-2-6-14(16(19)8-11)18(23)15-7-3-12(21)9-17(15)20;/h2-3,6-9,13H,4-5,10H2,1H3;1H2. The van der Waals surface area contributed by atoms with Crippen LogP contribution < -0.4 is 0 Å². The number of carbonyl (C=O) groups is 1. The molecular formula is C18H18BrClFNO2S2. The summed E-state index contributed by atoms with van der Waals surface area (Å²) in [5.74, 6) is -0.728. The molecule has 0 heterocycles. The topological polar surface area (TPSA) is 29.5 Å². The minimum Gasteiger partial charge on any atom is -0.296 e. The van der Waals surface area contributed by atoms with Crippen molar-refractivity contribution >= 4 is 59.0 Å². The second-order valence-corrected chi connectivity index (χ2v) is 8.10. The summed E-state index contributed by atoms with van der Waals surface area (Å²) in [7, 11) is 2.02. The van der Waals surface area contributed by atoms with Gasteiger partial charge < -0.3 is 0 Å². The maximum Gasteiger partial charge on any atom is 0.195 e. The van der Waals surface area contributed by atoms with Gasteiger partial charge in [0.05, 0.1) is 23.9 Å². The van der Waals surface area contributed by atoms with Gasteiger partial charge in [-0.1, -0.05) is 33.6 Å². The number of ketones is 1. The number of carbonyl (C=O) groups excluding carboxylic acids is 1. The molecule has 1 saturated carbocycles. The molecule has 1 aliphatic rings. The van der Waals surface area contributed by atoms with Gasteiger partial charge >= 0.3 is 0 Å². The zero-order chi connectivity index (χ0) is 18.0. The smallest absolute Gasteiger partial charge is 0.195 e. The average molecular weight is 479 g/mol. The van der Waals surface area contributed by atoms with Gasteiger partial charge in [0.1, 0.15) is 5.82 Å². The highest BCUT2D eigenvalue weighted by molar-refractivity contribution is 9.10. The van der Waals surface area contributed by atoms with Crippen LogP contribution in [0.3, 0.4) is 0 Å². The van der Waals surface area contributed by atoms with Crippen molar-refractivity contribution in [1.29, 1.82) is 0 Å². The molecule has 0 saturated heterocycles. The Balaban J connectivity index is 0.00000243. The normalized spacial score (nSPS) is 13.6. The van der Waals surface area contributed by atoms with Gasteiger partial charge in [0.25, 0.3) is 0 Å². The first-order valence-corrected chi connectivity index (χ1v) is 9.63. The summed E-state index contributed by atoms with van der Waals surface area (Å²) in [6, 6.07) is 9.79. The van der Waals surface area contributed by atoms with Crippen molar-refractivity contribution in [3.05, 3.63) is 68.4 Å². The van der Waals surface area contributed by atoms with Gasteiger partial charge in [-0.3, -0.25) is 8.98 Å². The molecule has 2 aromatic carbocycles. The number of halogens is 3. The van der Waals surface area contributed by atoms with Crippen molar-refractivity contribution in [3.8, 4) is 0 Å². The van der Waals surface area contributed by atoms with E-state index in [-0.39, 0.29) is 29.9 Å². The van der Waals surface area contributed by atoms with E-state index in [2.05, 4.69) is 20.2 Å². The van der Waals surface area contributed by atoms with Crippen molar-refractivity contribution in [1.82, 2.24) is 4.31 Å². The molecule has 3 nitrogen and oxygen atoms in total. The minimum absolute atomic E-state index is 0. The lowest BCUT2D eigenvalue weighted by atomic mass is 10.0. The third-order valence-corrected chi connectivity index (χ3v) is 5.64. The van der Waals surface area contributed by atoms with Gasteiger partial charge in [0.15, 0.2) is 5.78 Å². The maximum absolute atomic E-state index is 13.2. The molecule has 0 radical (unpaired) electrons. The van der Waals surface area contributed by atoms with Crippen LogP contribution >= 0.6 is 53.3 Å². The molecule has 0 amide bonds. The zero-order valence-corrected chi connectivity index (χ0v) is 18.1. The van der Waals surface area contributed by atoms with Crippen LogP contribution in [0.25, 0.3) is 0 Å². The van der Waals surface area contributed by atoms with Crippen LogP contribution in [0.1, 0.15) is 34.3 Å². The van der Waals surface area contributed by atoms with E-state index in [9.17, 15) is 9.18 Å².